The molecule has 1 aliphatic heterocycles. The number of ether oxygens (including phenoxy) is 1. The maximum atomic E-state index is 13.6. The smallest absolute Gasteiger partial charge is 0.130 e. The van der Waals surface area contributed by atoms with Crippen LogP contribution in [0.25, 0.3) is 0 Å². The molecule has 2 rings (SSSR count). The fourth-order valence-electron chi connectivity index (χ4n) is 2.07. The Labute approximate surface area is 99.0 Å². The Morgan fingerprint density at radius 3 is 2.88 bits per heavy atom. The fourth-order valence-corrected chi connectivity index (χ4v) is 2.22. The topological polar surface area (TPSA) is 29.5 Å². The molecule has 1 saturated heterocycles. The maximum Gasteiger partial charge on any atom is 0.130 e. The second kappa shape index (κ2) is 4.70. The molecule has 88 valence electrons. The Hall–Kier alpha value is -0.640. The molecule has 0 amide bonds. The third-order valence-electron chi connectivity index (χ3n) is 2.96. The lowest BCUT2D eigenvalue weighted by molar-refractivity contribution is 0.0784. The highest BCUT2D eigenvalue weighted by Crippen LogP contribution is 2.33. The Kier molecular flexibility index (Phi) is 3.47. The molecule has 1 heterocycles. The van der Waals surface area contributed by atoms with E-state index in [1.54, 1.807) is 6.07 Å². The van der Waals surface area contributed by atoms with E-state index in [9.17, 15) is 9.50 Å². The van der Waals surface area contributed by atoms with Crippen molar-refractivity contribution in [1.29, 1.82) is 0 Å². The van der Waals surface area contributed by atoms with Crippen molar-refractivity contribution in [1.82, 2.24) is 0 Å². The van der Waals surface area contributed by atoms with Crippen LogP contribution in [0.15, 0.2) is 18.2 Å². The number of aliphatic hydroxyl groups excluding tert-OH is 1. The molecule has 4 heteroatoms. The van der Waals surface area contributed by atoms with Crippen LogP contribution in [0.3, 0.4) is 0 Å². The minimum Gasteiger partial charge on any atom is -0.388 e. The zero-order chi connectivity index (χ0) is 11.7. The summed E-state index contributed by atoms with van der Waals surface area (Å²) in [6.45, 7) is 2.43. The van der Waals surface area contributed by atoms with Crippen LogP contribution >= 0.6 is 11.6 Å². The predicted molar refractivity (Wildman–Crippen MR) is 59.9 cm³/mol. The van der Waals surface area contributed by atoms with Gasteiger partial charge in [-0.1, -0.05) is 17.7 Å². The summed E-state index contributed by atoms with van der Waals surface area (Å²) in [4.78, 5) is 0. The summed E-state index contributed by atoms with van der Waals surface area (Å²) >= 11 is 5.66. The zero-order valence-electron chi connectivity index (χ0n) is 8.99. The van der Waals surface area contributed by atoms with Gasteiger partial charge in [0.15, 0.2) is 0 Å². The van der Waals surface area contributed by atoms with Crippen LogP contribution in [0.4, 0.5) is 4.39 Å². The van der Waals surface area contributed by atoms with Gasteiger partial charge in [-0.25, -0.2) is 4.39 Å². The lowest BCUT2D eigenvalue weighted by atomic mass is 9.93. The van der Waals surface area contributed by atoms with Crippen LogP contribution < -0.4 is 0 Å². The molecule has 3 atom stereocenters. The molecule has 16 heavy (non-hydrogen) atoms. The average molecular weight is 245 g/mol. The molecule has 1 aromatic carbocycles. The molecule has 0 radical (unpaired) electrons. The number of aliphatic hydroxyl groups is 1. The molecule has 1 aromatic rings. The zero-order valence-corrected chi connectivity index (χ0v) is 9.75. The molecule has 0 bridgehead atoms. The molecule has 0 aromatic heterocycles. The molecule has 3 unspecified atom stereocenters. The Balaban J connectivity index is 2.17. The van der Waals surface area contributed by atoms with Crippen LogP contribution in [0.1, 0.15) is 25.0 Å². The predicted octanol–water partition coefficient (Wildman–Crippen LogP) is 2.94. The summed E-state index contributed by atoms with van der Waals surface area (Å²) < 4.78 is 18.9. The van der Waals surface area contributed by atoms with Gasteiger partial charge in [0, 0.05) is 16.5 Å². The first kappa shape index (κ1) is 11.8. The molecular weight excluding hydrogens is 231 g/mol. The van der Waals surface area contributed by atoms with Gasteiger partial charge in [-0.05, 0) is 25.5 Å². The van der Waals surface area contributed by atoms with E-state index in [4.69, 9.17) is 16.3 Å². The van der Waals surface area contributed by atoms with Crippen molar-refractivity contribution < 1.29 is 14.2 Å². The van der Waals surface area contributed by atoms with Gasteiger partial charge in [0.05, 0.1) is 18.8 Å². The van der Waals surface area contributed by atoms with E-state index in [2.05, 4.69) is 0 Å². The van der Waals surface area contributed by atoms with Gasteiger partial charge in [-0.3, -0.25) is 0 Å². The number of hydrogen-bond donors (Lipinski definition) is 1. The molecule has 1 N–H and O–H groups in total. The highest BCUT2D eigenvalue weighted by Gasteiger charge is 2.30. The van der Waals surface area contributed by atoms with Crippen LogP contribution in [0.2, 0.25) is 5.02 Å². The molecule has 0 saturated carbocycles. The van der Waals surface area contributed by atoms with Gasteiger partial charge in [0.25, 0.3) is 0 Å². The molecule has 1 fully saturated rings. The molecule has 1 aliphatic rings. The summed E-state index contributed by atoms with van der Waals surface area (Å²) in [5.74, 6) is -0.495. The third kappa shape index (κ3) is 2.37. The second-order valence-corrected chi connectivity index (χ2v) is 4.69. The number of rotatable bonds is 2. The average Bonchev–Trinajstić information content (AvgIpc) is 2.64. The van der Waals surface area contributed by atoms with Crippen LogP contribution in [-0.4, -0.2) is 17.8 Å². The molecule has 0 spiro atoms. The number of benzene rings is 1. The third-order valence-corrected chi connectivity index (χ3v) is 3.19. The van der Waals surface area contributed by atoms with Crippen molar-refractivity contribution in [2.24, 2.45) is 5.92 Å². The highest BCUT2D eigenvalue weighted by molar-refractivity contribution is 6.30. The van der Waals surface area contributed by atoms with Gasteiger partial charge < -0.3 is 9.84 Å². The summed E-state index contributed by atoms with van der Waals surface area (Å²) in [5.41, 5.74) is 0.298. The summed E-state index contributed by atoms with van der Waals surface area (Å²) in [6.07, 6.45) is 0.0701. The Bertz CT molecular complexity index is 383. The van der Waals surface area contributed by atoms with Crippen molar-refractivity contribution in [2.45, 2.75) is 25.6 Å². The SMILES string of the molecule is CC1CC(C(O)c2ccc(Cl)cc2F)CO1. The number of hydrogen-bond acceptors (Lipinski definition) is 2. The van der Waals surface area contributed by atoms with Crippen LogP contribution in [0.5, 0.6) is 0 Å². The van der Waals surface area contributed by atoms with E-state index >= 15 is 0 Å². The van der Waals surface area contributed by atoms with E-state index in [1.807, 2.05) is 6.92 Å². The van der Waals surface area contributed by atoms with E-state index in [-0.39, 0.29) is 12.0 Å². The molecule has 2 nitrogen and oxygen atoms in total. The van der Waals surface area contributed by atoms with Gasteiger partial charge >= 0.3 is 0 Å². The normalized spacial score (nSPS) is 27.0. The lowest BCUT2D eigenvalue weighted by Gasteiger charge is -2.17. The summed E-state index contributed by atoms with van der Waals surface area (Å²) in [5, 5.41) is 10.4. The lowest BCUT2D eigenvalue weighted by Crippen LogP contribution is -2.14. The minimum absolute atomic E-state index is 0.0364. The summed E-state index contributed by atoms with van der Waals surface area (Å²) in [6, 6.07) is 4.34. The maximum absolute atomic E-state index is 13.6. The van der Waals surface area contributed by atoms with Gasteiger partial charge in [0.2, 0.25) is 0 Å². The van der Waals surface area contributed by atoms with Crippen molar-refractivity contribution in [3.8, 4) is 0 Å². The monoisotopic (exact) mass is 244 g/mol. The van der Waals surface area contributed by atoms with Crippen molar-refractivity contribution in [3.05, 3.63) is 34.6 Å². The van der Waals surface area contributed by atoms with Crippen molar-refractivity contribution in [2.75, 3.05) is 6.61 Å². The fraction of sp³-hybridized carbons (Fsp3) is 0.500. The number of halogens is 2. The largest absolute Gasteiger partial charge is 0.388 e. The van der Waals surface area contributed by atoms with Gasteiger partial charge in [0.1, 0.15) is 5.82 Å². The minimum atomic E-state index is -0.817. The second-order valence-electron chi connectivity index (χ2n) is 4.25. The standard InChI is InChI=1S/C12H14ClFO2/c1-7-4-8(6-16-7)12(15)10-3-2-9(13)5-11(10)14/h2-3,5,7-8,12,15H,4,6H2,1H3. The Morgan fingerprint density at radius 1 is 1.56 bits per heavy atom. The van der Waals surface area contributed by atoms with E-state index in [0.717, 1.165) is 6.42 Å². The van der Waals surface area contributed by atoms with Crippen molar-refractivity contribution in [3.63, 3.8) is 0 Å². The van der Waals surface area contributed by atoms with Crippen LogP contribution in [0, 0.1) is 11.7 Å². The van der Waals surface area contributed by atoms with E-state index < -0.39 is 11.9 Å². The van der Waals surface area contributed by atoms with E-state index in [0.29, 0.717) is 17.2 Å². The van der Waals surface area contributed by atoms with E-state index in [1.165, 1.54) is 12.1 Å². The van der Waals surface area contributed by atoms with Crippen molar-refractivity contribution >= 4 is 11.6 Å². The van der Waals surface area contributed by atoms with Gasteiger partial charge in [-0.2, -0.15) is 0 Å². The first-order valence-corrected chi connectivity index (χ1v) is 5.70. The molecule has 0 aliphatic carbocycles. The summed E-state index contributed by atoms with van der Waals surface area (Å²) in [7, 11) is 0. The molecular formula is C12H14ClFO2. The van der Waals surface area contributed by atoms with Gasteiger partial charge in [-0.15, -0.1) is 0 Å². The van der Waals surface area contributed by atoms with Crippen LogP contribution in [-0.2, 0) is 4.74 Å². The quantitative estimate of drug-likeness (QED) is 0.867. The highest BCUT2D eigenvalue weighted by atomic mass is 35.5. The first-order chi connectivity index (χ1) is 7.58. The first-order valence-electron chi connectivity index (χ1n) is 5.32. The Morgan fingerprint density at radius 2 is 2.31 bits per heavy atom.